The van der Waals surface area contributed by atoms with Crippen molar-refractivity contribution < 1.29 is 32.3 Å². The molecule has 0 aliphatic heterocycles. The zero-order valence-corrected chi connectivity index (χ0v) is 16.0. The molecule has 3 aromatic rings. The number of ether oxygens (including phenoxy) is 1. The van der Waals surface area contributed by atoms with Crippen LogP contribution in [0.15, 0.2) is 28.9 Å². The number of alkyl halides is 3. The third-order valence-corrected chi connectivity index (χ3v) is 4.50. The predicted molar refractivity (Wildman–Crippen MR) is 96.5 cm³/mol. The van der Waals surface area contributed by atoms with E-state index in [4.69, 9.17) is 20.9 Å². The van der Waals surface area contributed by atoms with Gasteiger partial charge in [0, 0.05) is 12.1 Å². The van der Waals surface area contributed by atoms with Crippen LogP contribution in [-0.2, 0) is 17.5 Å². The molecule has 1 N–H and O–H groups in total. The third kappa shape index (κ3) is 3.67. The quantitative estimate of drug-likeness (QED) is 0.587. The molecule has 1 aromatic carbocycles. The fraction of sp³-hybridized carbons (Fsp3) is 0.278. The van der Waals surface area contributed by atoms with Crippen molar-refractivity contribution in [1.29, 1.82) is 0 Å². The van der Waals surface area contributed by atoms with Crippen molar-refractivity contribution in [1.82, 2.24) is 14.9 Å². The molecular weight excluding hydrogens is 415 g/mol. The number of phenolic OH excluding ortho intramolecular Hbond substituents is 1. The van der Waals surface area contributed by atoms with Gasteiger partial charge in [0.2, 0.25) is 0 Å². The summed E-state index contributed by atoms with van der Waals surface area (Å²) in [6.07, 6.45) is -3.39. The highest BCUT2D eigenvalue weighted by Gasteiger charge is 2.41. The summed E-state index contributed by atoms with van der Waals surface area (Å²) in [6.45, 7) is 1.72. The summed E-state index contributed by atoms with van der Waals surface area (Å²) in [4.78, 5) is 12.4. The van der Waals surface area contributed by atoms with Gasteiger partial charge in [-0.05, 0) is 12.5 Å². The number of aryl methyl sites for hydroxylation is 1. The van der Waals surface area contributed by atoms with E-state index in [1.54, 1.807) is 6.92 Å². The number of phenols is 1. The van der Waals surface area contributed by atoms with Crippen molar-refractivity contribution in [2.45, 2.75) is 26.1 Å². The monoisotopic (exact) mass is 429 g/mol. The van der Waals surface area contributed by atoms with Gasteiger partial charge in [0.25, 0.3) is 0 Å². The average Bonchev–Trinajstić information content (AvgIpc) is 3.27. The van der Waals surface area contributed by atoms with E-state index in [2.05, 4.69) is 10.3 Å². The second-order valence-electron chi connectivity index (χ2n) is 5.99. The lowest BCUT2D eigenvalue weighted by molar-refractivity contribution is -0.143. The Hall–Kier alpha value is -3.01. The van der Waals surface area contributed by atoms with Gasteiger partial charge in [-0.2, -0.15) is 18.3 Å². The Kier molecular flexibility index (Phi) is 5.56. The number of benzene rings is 1. The van der Waals surface area contributed by atoms with Crippen molar-refractivity contribution in [3.8, 4) is 28.3 Å². The summed E-state index contributed by atoms with van der Waals surface area (Å²) >= 11 is 6.07. The lowest BCUT2D eigenvalue weighted by Crippen LogP contribution is -2.16. The predicted octanol–water partition coefficient (Wildman–Crippen LogP) is 4.78. The Balaban J connectivity index is 2.29. The number of methoxy groups -OCH3 is 1. The van der Waals surface area contributed by atoms with E-state index >= 15 is 0 Å². The number of rotatable bonds is 5. The van der Waals surface area contributed by atoms with E-state index in [1.165, 1.54) is 18.2 Å². The standard InChI is InChI=1S/C18H15ClF3N3O4/c1-3-7-25-16(18(20,21)22)10(8-23-25)15-12(17(27)28-2)14(24-29-15)9-5-4-6-11(26)13(9)19/h4-6,8,26H,3,7H2,1-2H3. The SMILES string of the molecule is CCCn1ncc(-c2onc(-c3cccc(O)c3Cl)c2C(=O)OC)c1C(F)(F)F. The summed E-state index contributed by atoms with van der Waals surface area (Å²) in [5.41, 5.74) is -1.96. The second kappa shape index (κ2) is 7.78. The first-order valence-corrected chi connectivity index (χ1v) is 8.77. The summed E-state index contributed by atoms with van der Waals surface area (Å²) in [7, 11) is 1.07. The van der Waals surface area contributed by atoms with Crippen molar-refractivity contribution in [3.63, 3.8) is 0 Å². The van der Waals surface area contributed by atoms with Crippen molar-refractivity contribution in [2.75, 3.05) is 7.11 Å². The molecule has 29 heavy (non-hydrogen) atoms. The Morgan fingerprint density at radius 1 is 1.34 bits per heavy atom. The highest BCUT2D eigenvalue weighted by Crippen LogP contribution is 2.43. The minimum absolute atomic E-state index is 0.0157. The van der Waals surface area contributed by atoms with Crippen molar-refractivity contribution in [2.24, 2.45) is 0 Å². The molecule has 2 aromatic heterocycles. The molecule has 154 valence electrons. The van der Waals surface area contributed by atoms with E-state index in [9.17, 15) is 23.1 Å². The molecule has 0 fully saturated rings. The van der Waals surface area contributed by atoms with Gasteiger partial charge in [0.15, 0.2) is 11.5 Å². The zero-order chi connectivity index (χ0) is 21.3. The number of hydrogen-bond acceptors (Lipinski definition) is 6. The molecule has 11 heteroatoms. The fourth-order valence-corrected chi connectivity index (χ4v) is 3.10. The summed E-state index contributed by atoms with van der Waals surface area (Å²) in [5.74, 6) is -1.73. The molecule has 0 saturated carbocycles. The van der Waals surface area contributed by atoms with E-state index < -0.39 is 29.2 Å². The molecule has 0 saturated heterocycles. The third-order valence-electron chi connectivity index (χ3n) is 4.10. The number of carbonyl (C=O) groups excluding carboxylic acids is 1. The number of esters is 1. The fourth-order valence-electron chi connectivity index (χ4n) is 2.88. The maximum Gasteiger partial charge on any atom is 0.433 e. The van der Waals surface area contributed by atoms with E-state index in [0.717, 1.165) is 18.0 Å². The minimum Gasteiger partial charge on any atom is -0.506 e. The summed E-state index contributed by atoms with van der Waals surface area (Å²) in [6, 6.07) is 4.18. The molecule has 0 amide bonds. The van der Waals surface area contributed by atoms with Gasteiger partial charge in [-0.1, -0.05) is 35.8 Å². The van der Waals surface area contributed by atoms with Crippen LogP contribution in [0.25, 0.3) is 22.6 Å². The lowest BCUT2D eigenvalue weighted by Gasteiger charge is -2.11. The molecule has 0 unspecified atom stereocenters. The number of hydrogen-bond donors (Lipinski definition) is 1. The Morgan fingerprint density at radius 3 is 2.69 bits per heavy atom. The van der Waals surface area contributed by atoms with E-state index in [0.29, 0.717) is 6.42 Å². The first kappa shape index (κ1) is 20.7. The van der Waals surface area contributed by atoms with Gasteiger partial charge in [-0.3, -0.25) is 4.68 Å². The number of aromatic hydroxyl groups is 1. The number of aromatic nitrogens is 3. The van der Waals surface area contributed by atoms with Crippen molar-refractivity contribution in [3.05, 3.63) is 40.7 Å². The van der Waals surface area contributed by atoms with Crippen LogP contribution in [0.2, 0.25) is 5.02 Å². The molecule has 3 rings (SSSR count). The van der Waals surface area contributed by atoms with E-state index in [-0.39, 0.29) is 34.1 Å². The molecule has 2 heterocycles. The topological polar surface area (TPSA) is 90.4 Å². The zero-order valence-electron chi connectivity index (χ0n) is 15.2. The molecule has 7 nitrogen and oxygen atoms in total. The van der Waals surface area contributed by atoms with Gasteiger partial charge in [0.1, 0.15) is 17.0 Å². The first-order chi connectivity index (χ1) is 13.7. The number of halogens is 4. The Labute approximate surface area is 167 Å². The first-order valence-electron chi connectivity index (χ1n) is 8.39. The maximum absolute atomic E-state index is 13.7. The Bertz CT molecular complexity index is 1060. The molecule has 0 aliphatic rings. The molecule has 0 spiro atoms. The van der Waals surface area contributed by atoms with Crippen LogP contribution >= 0.6 is 11.6 Å². The molecule has 0 radical (unpaired) electrons. The van der Waals surface area contributed by atoms with Crippen molar-refractivity contribution >= 4 is 17.6 Å². The van der Waals surface area contributed by atoms with Crippen LogP contribution in [0.5, 0.6) is 5.75 Å². The van der Waals surface area contributed by atoms with Crippen LogP contribution in [-0.4, -0.2) is 33.1 Å². The van der Waals surface area contributed by atoms with Crippen LogP contribution in [0.3, 0.4) is 0 Å². The molecule has 0 aliphatic carbocycles. The maximum atomic E-state index is 13.7. The van der Waals surface area contributed by atoms with Crippen LogP contribution < -0.4 is 0 Å². The van der Waals surface area contributed by atoms with Crippen LogP contribution in [0.1, 0.15) is 29.4 Å². The van der Waals surface area contributed by atoms with Gasteiger partial charge >= 0.3 is 12.1 Å². The van der Waals surface area contributed by atoms with Crippen LogP contribution in [0, 0.1) is 0 Å². The highest BCUT2D eigenvalue weighted by molar-refractivity contribution is 6.35. The number of nitrogens with zero attached hydrogens (tertiary/aromatic N) is 3. The summed E-state index contributed by atoms with van der Waals surface area (Å²) < 4.78 is 51.8. The van der Waals surface area contributed by atoms with Gasteiger partial charge < -0.3 is 14.4 Å². The molecular formula is C18H15ClF3N3O4. The van der Waals surface area contributed by atoms with Gasteiger partial charge in [-0.15, -0.1) is 0 Å². The lowest BCUT2D eigenvalue weighted by atomic mass is 10.0. The largest absolute Gasteiger partial charge is 0.506 e. The molecule has 0 atom stereocenters. The smallest absolute Gasteiger partial charge is 0.433 e. The summed E-state index contributed by atoms with van der Waals surface area (Å²) in [5, 5.41) is 17.2. The van der Waals surface area contributed by atoms with E-state index in [1.807, 2.05) is 0 Å². The highest BCUT2D eigenvalue weighted by atomic mass is 35.5. The number of carbonyl (C=O) groups is 1. The Morgan fingerprint density at radius 2 is 2.07 bits per heavy atom. The minimum atomic E-state index is -4.76. The van der Waals surface area contributed by atoms with Gasteiger partial charge in [-0.25, -0.2) is 4.79 Å². The molecule has 0 bridgehead atoms. The van der Waals surface area contributed by atoms with Crippen LogP contribution in [0.4, 0.5) is 13.2 Å². The van der Waals surface area contributed by atoms with Gasteiger partial charge in [0.05, 0.1) is 23.9 Å². The normalized spacial score (nSPS) is 11.7. The average molecular weight is 430 g/mol. The second-order valence-corrected chi connectivity index (χ2v) is 6.37.